The van der Waals surface area contributed by atoms with Gasteiger partial charge in [0.2, 0.25) is 0 Å². The zero-order valence-corrected chi connectivity index (χ0v) is 11.1. The first-order valence-corrected chi connectivity index (χ1v) is 5.65. The molecule has 5 heteroatoms. The van der Waals surface area contributed by atoms with E-state index in [1.165, 1.54) is 13.2 Å². The lowest BCUT2D eigenvalue weighted by atomic mass is 9.98. The van der Waals surface area contributed by atoms with Crippen molar-refractivity contribution in [3.8, 4) is 0 Å². The van der Waals surface area contributed by atoms with E-state index >= 15 is 0 Å². The summed E-state index contributed by atoms with van der Waals surface area (Å²) in [4.78, 5) is 26.3. The van der Waals surface area contributed by atoms with E-state index in [4.69, 9.17) is 0 Å². The maximum absolute atomic E-state index is 11.2. The summed E-state index contributed by atoms with van der Waals surface area (Å²) >= 11 is 0. The van der Waals surface area contributed by atoms with Crippen molar-refractivity contribution in [2.75, 3.05) is 7.11 Å². The summed E-state index contributed by atoms with van der Waals surface area (Å²) in [6.45, 7) is 5.49. The number of hydrogen-bond donors (Lipinski definition) is 0. The van der Waals surface area contributed by atoms with Gasteiger partial charge in [-0.3, -0.25) is 4.79 Å². The maximum Gasteiger partial charge on any atom is 0.330 e. The number of imidazole rings is 1. The molecule has 0 amide bonds. The van der Waals surface area contributed by atoms with Gasteiger partial charge in [-0.2, -0.15) is 0 Å². The molecule has 1 heterocycles. The minimum atomic E-state index is -0.424. The number of ketones is 1. The van der Waals surface area contributed by atoms with E-state index in [1.807, 2.05) is 18.4 Å². The lowest BCUT2D eigenvalue weighted by Gasteiger charge is -2.24. The Labute approximate surface area is 106 Å². The topological polar surface area (TPSA) is 61.2 Å². The number of methoxy groups -OCH3 is 1. The third-order valence-corrected chi connectivity index (χ3v) is 2.57. The van der Waals surface area contributed by atoms with Crippen LogP contribution < -0.4 is 0 Å². The van der Waals surface area contributed by atoms with Crippen LogP contribution >= 0.6 is 0 Å². The highest BCUT2D eigenvalue weighted by Crippen LogP contribution is 2.20. The molecule has 0 bridgehead atoms. The Kier molecular flexibility index (Phi) is 4.42. The fourth-order valence-corrected chi connectivity index (χ4v) is 1.68. The van der Waals surface area contributed by atoms with Gasteiger partial charge in [0.1, 0.15) is 5.78 Å². The van der Waals surface area contributed by atoms with Gasteiger partial charge in [-0.15, -0.1) is 0 Å². The molecule has 0 N–H and O–H groups in total. The van der Waals surface area contributed by atoms with Crippen LogP contribution in [0.5, 0.6) is 0 Å². The van der Waals surface area contributed by atoms with E-state index in [1.54, 1.807) is 25.5 Å². The Morgan fingerprint density at radius 3 is 2.72 bits per heavy atom. The average molecular weight is 250 g/mol. The molecule has 0 aliphatic carbocycles. The number of nitrogens with zero attached hydrogens (tertiary/aromatic N) is 2. The molecular weight excluding hydrogens is 232 g/mol. The molecule has 5 nitrogen and oxygen atoms in total. The Morgan fingerprint density at radius 2 is 2.17 bits per heavy atom. The van der Waals surface area contributed by atoms with Gasteiger partial charge in [-0.1, -0.05) is 0 Å². The molecule has 0 atom stereocenters. The van der Waals surface area contributed by atoms with Crippen molar-refractivity contribution in [2.45, 2.75) is 32.7 Å². The molecule has 0 saturated heterocycles. The molecule has 1 rings (SSSR count). The van der Waals surface area contributed by atoms with Crippen molar-refractivity contribution >= 4 is 17.8 Å². The van der Waals surface area contributed by atoms with E-state index in [2.05, 4.69) is 9.72 Å². The molecular formula is C13H18N2O3. The van der Waals surface area contributed by atoms with Crippen molar-refractivity contribution in [1.29, 1.82) is 0 Å². The van der Waals surface area contributed by atoms with Gasteiger partial charge in [0.25, 0.3) is 0 Å². The zero-order chi connectivity index (χ0) is 13.8. The molecule has 18 heavy (non-hydrogen) atoms. The first kappa shape index (κ1) is 14.2. The summed E-state index contributed by atoms with van der Waals surface area (Å²) in [5.74, 6) is -0.298. The van der Waals surface area contributed by atoms with Crippen molar-refractivity contribution in [2.24, 2.45) is 0 Å². The van der Waals surface area contributed by atoms with Crippen LogP contribution in [-0.4, -0.2) is 28.4 Å². The van der Waals surface area contributed by atoms with Gasteiger partial charge in [-0.25, -0.2) is 9.78 Å². The summed E-state index contributed by atoms with van der Waals surface area (Å²) in [6, 6.07) is 0. The van der Waals surface area contributed by atoms with E-state index in [0.29, 0.717) is 12.1 Å². The molecule has 0 radical (unpaired) electrons. The molecule has 1 aromatic rings. The largest absolute Gasteiger partial charge is 0.466 e. The predicted octanol–water partition coefficient (Wildman–Crippen LogP) is 1.78. The summed E-state index contributed by atoms with van der Waals surface area (Å²) in [6.07, 6.45) is 6.77. The number of ether oxygens (including phenoxy) is 1. The number of Topliss-reactive ketones (excluding diaryl/α,β-unsaturated/α-hetero) is 1. The number of hydrogen-bond acceptors (Lipinski definition) is 4. The number of carbonyl (C=O) groups excluding carboxylic acids is 2. The smallest absolute Gasteiger partial charge is 0.330 e. The van der Waals surface area contributed by atoms with Crippen molar-refractivity contribution in [3.05, 3.63) is 24.3 Å². The minimum absolute atomic E-state index is 0.125. The van der Waals surface area contributed by atoms with Crippen LogP contribution in [0.25, 0.3) is 6.08 Å². The van der Waals surface area contributed by atoms with Gasteiger partial charge in [-0.05, 0) is 26.8 Å². The number of rotatable bonds is 5. The molecule has 0 aliphatic rings. The average Bonchev–Trinajstić information content (AvgIpc) is 2.73. The maximum atomic E-state index is 11.2. The second-order valence-corrected chi connectivity index (χ2v) is 4.75. The predicted molar refractivity (Wildman–Crippen MR) is 67.9 cm³/mol. The summed E-state index contributed by atoms with van der Waals surface area (Å²) in [5, 5.41) is 0. The first-order chi connectivity index (χ1) is 8.35. The van der Waals surface area contributed by atoms with Crippen LogP contribution in [0, 0.1) is 0 Å². The number of aromatic nitrogens is 2. The second-order valence-electron chi connectivity index (χ2n) is 4.75. The second kappa shape index (κ2) is 5.62. The highest BCUT2D eigenvalue weighted by molar-refractivity contribution is 5.86. The molecule has 0 aromatic carbocycles. The van der Waals surface area contributed by atoms with E-state index < -0.39 is 5.97 Å². The lowest BCUT2D eigenvalue weighted by molar-refractivity contribution is -0.134. The molecule has 1 aromatic heterocycles. The van der Waals surface area contributed by atoms with Crippen LogP contribution in [0.1, 0.15) is 32.9 Å². The van der Waals surface area contributed by atoms with Gasteiger partial charge < -0.3 is 9.30 Å². The van der Waals surface area contributed by atoms with E-state index in [-0.39, 0.29) is 11.3 Å². The van der Waals surface area contributed by atoms with Crippen molar-refractivity contribution in [1.82, 2.24) is 9.55 Å². The normalized spacial score (nSPS) is 11.8. The highest BCUT2D eigenvalue weighted by Gasteiger charge is 2.21. The fraction of sp³-hybridized carbons (Fsp3) is 0.462. The SMILES string of the molecule is COC(=O)/C=C/c1cn(C(C)(C)CC(C)=O)cn1. The molecule has 0 unspecified atom stereocenters. The Morgan fingerprint density at radius 1 is 1.50 bits per heavy atom. The molecule has 0 spiro atoms. The summed E-state index contributed by atoms with van der Waals surface area (Å²) < 4.78 is 6.36. The number of esters is 1. The Bertz CT molecular complexity index is 472. The van der Waals surface area contributed by atoms with Crippen LogP contribution in [-0.2, 0) is 19.9 Å². The van der Waals surface area contributed by atoms with Gasteiger partial charge in [0.05, 0.1) is 19.1 Å². The molecule has 0 saturated carbocycles. The van der Waals surface area contributed by atoms with Gasteiger partial charge >= 0.3 is 5.97 Å². The Hall–Kier alpha value is -1.91. The van der Waals surface area contributed by atoms with Crippen LogP contribution in [0.4, 0.5) is 0 Å². The zero-order valence-electron chi connectivity index (χ0n) is 11.1. The lowest BCUT2D eigenvalue weighted by Crippen LogP contribution is -2.27. The molecule has 0 aliphatic heterocycles. The molecule has 0 fully saturated rings. The van der Waals surface area contributed by atoms with E-state index in [0.717, 1.165) is 0 Å². The van der Waals surface area contributed by atoms with Crippen molar-refractivity contribution in [3.63, 3.8) is 0 Å². The molecule has 98 valence electrons. The van der Waals surface area contributed by atoms with E-state index in [9.17, 15) is 9.59 Å². The summed E-state index contributed by atoms with van der Waals surface area (Å²) in [7, 11) is 1.32. The third-order valence-electron chi connectivity index (χ3n) is 2.57. The van der Waals surface area contributed by atoms with Gasteiger partial charge in [0.15, 0.2) is 0 Å². The van der Waals surface area contributed by atoms with Crippen LogP contribution in [0.3, 0.4) is 0 Å². The van der Waals surface area contributed by atoms with Crippen LogP contribution in [0.15, 0.2) is 18.6 Å². The van der Waals surface area contributed by atoms with Gasteiger partial charge in [0, 0.05) is 24.2 Å². The standard InChI is InChI=1S/C13H18N2O3/c1-10(16)7-13(2,3)15-8-11(14-9-15)5-6-12(17)18-4/h5-6,8-9H,7H2,1-4H3/b6-5+. The monoisotopic (exact) mass is 250 g/mol. The van der Waals surface area contributed by atoms with Crippen molar-refractivity contribution < 1.29 is 14.3 Å². The highest BCUT2D eigenvalue weighted by atomic mass is 16.5. The quantitative estimate of drug-likeness (QED) is 0.590. The minimum Gasteiger partial charge on any atom is -0.466 e. The first-order valence-electron chi connectivity index (χ1n) is 5.65. The van der Waals surface area contributed by atoms with Crippen LogP contribution in [0.2, 0.25) is 0 Å². The number of carbonyl (C=O) groups is 2. The fourth-order valence-electron chi connectivity index (χ4n) is 1.68. The summed E-state index contributed by atoms with van der Waals surface area (Å²) in [5.41, 5.74) is 0.327. The third kappa shape index (κ3) is 3.84. The Balaban J connectivity index is 2.83.